The molecule has 7 atom stereocenters. The number of hydrogen-bond donors (Lipinski definition) is 1. The second kappa shape index (κ2) is 6.24. The van der Waals surface area contributed by atoms with Crippen molar-refractivity contribution in [2.24, 2.45) is 34.8 Å². The van der Waals surface area contributed by atoms with E-state index in [9.17, 15) is 4.79 Å². The zero-order valence-corrected chi connectivity index (χ0v) is 17.3. The minimum absolute atomic E-state index is 0.00356. The first-order valence-electron chi connectivity index (χ1n) is 10.7. The second-order valence-electron chi connectivity index (χ2n) is 9.95. The topological polar surface area (TPSA) is 78.1 Å². The fourth-order valence-corrected chi connectivity index (χ4v) is 8.36. The first-order chi connectivity index (χ1) is 13.0. The summed E-state index contributed by atoms with van der Waals surface area (Å²) in [5, 5.41) is 4.54. The zero-order chi connectivity index (χ0) is 18.8. The molecule has 3 saturated carbocycles. The Morgan fingerprint density at radius 1 is 1.22 bits per heavy atom. The largest absolute Gasteiger partial charge is 0.461 e. The number of nitrogens with zero attached hydrogens (tertiary/aromatic N) is 2. The van der Waals surface area contributed by atoms with E-state index >= 15 is 0 Å². The third-order valence-electron chi connectivity index (χ3n) is 8.97. The van der Waals surface area contributed by atoms with Gasteiger partial charge in [0.25, 0.3) is 0 Å². The van der Waals surface area contributed by atoms with Crippen LogP contribution in [0.15, 0.2) is 0 Å². The monoisotopic (exact) mass is 389 g/mol. The van der Waals surface area contributed by atoms with Gasteiger partial charge in [-0.05, 0) is 92.0 Å². The molecule has 1 aromatic rings. The number of esters is 1. The van der Waals surface area contributed by atoms with Gasteiger partial charge < -0.3 is 10.5 Å². The van der Waals surface area contributed by atoms with Gasteiger partial charge in [0.05, 0.1) is 12.2 Å². The van der Waals surface area contributed by atoms with E-state index in [0.29, 0.717) is 11.3 Å². The molecule has 0 aliphatic heterocycles. The summed E-state index contributed by atoms with van der Waals surface area (Å²) in [5.41, 5.74) is 7.41. The Balaban J connectivity index is 1.36. The highest BCUT2D eigenvalue weighted by molar-refractivity contribution is 7.05. The van der Waals surface area contributed by atoms with Gasteiger partial charge in [-0.15, -0.1) is 5.10 Å². The lowest BCUT2D eigenvalue weighted by Gasteiger charge is -2.60. The number of carbonyl (C=O) groups is 1. The lowest BCUT2D eigenvalue weighted by atomic mass is 9.45. The first-order valence-corrected chi connectivity index (χ1v) is 11.4. The SMILES string of the molecule is C[C@]12CC[C@H](OC(=O)CN)C[C@@H]1CC[C@@H]1[C@@H]2CC[C@]2(C)c3nnsc3C[C@@H]12. The number of fused-ring (bicyclic) bond motifs is 7. The molecule has 0 aromatic carbocycles. The Kier molecular flexibility index (Phi) is 4.17. The molecule has 5 rings (SSSR count). The quantitative estimate of drug-likeness (QED) is 0.784. The molecule has 1 aromatic heterocycles. The number of aromatic nitrogens is 2. The maximum atomic E-state index is 11.6. The molecule has 0 amide bonds. The fourth-order valence-electron chi connectivity index (χ4n) is 7.53. The summed E-state index contributed by atoms with van der Waals surface area (Å²) in [7, 11) is 0. The summed E-state index contributed by atoms with van der Waals surface area (Å²) < 4.78 is 9.85. The van der Waals surface area contributed by atoms with E-state index in [1.807, 2.05) is 0 Å². The molecular formula is C21H31N3O2S. The van der Waals surface area contributed by atoms with Crippen molar-refractivity contribution in [3.8, 4) is 0 Å². The molecule has 0 radical (unpaired) electrons. The van der Waals surface area contributed by atoms with Crippen LogP contribution in [0.1, 0.15) is 69.4 Å². The van der Waals surface area contributed by atoms with E-state index in [4.69, 9.17) is 10.5 Å². The lowest BCUT2D eigenvalue weighted by molar-refractivity contribution is -0.158. The molecule has 3 fully saturated rings. The minimum atomic E-state index is -0.246. The van der Waals surface area contributed by atoms with E-state index < -0.39 is 0 Å². The van der Waals surface area contributed by atoms with Crippen LogP contribution < -0.4 is 5.73 Å². The van der Waals surface area contributed by atoms with Crippen molar-refractivity contribution in [1.82, 2.24) is 9.59 Å². The van der Waals surface area contributed by atoms with Crippen LogP contribution in [0.3, 0.4) is 0 Å². The zero-order valence-electron chi connectivity index (χ0n) is 16.4. The standard InChI is InChI=1S/C21H31N3O2S/c1-20-7-5-13(26-18(25)11-22)9-12(20)3-4-14-15(20)6-8-21(2)16(14)10-17-19(21)23-24-27-17/h12-16H,3-11,22H2,1-2H3/t12-,13-,14+,15-,16-,20-,21-/m0/s1. The third-order valence-corrected chi connectivity index (χ3v) is 9.72. The van der Waals surface area contributed by atoms with Gasteiger partial charge in [-0.25, -0.2) is 0 Å². The summed E-state index contributed by atoms with van der Waals surface area (Å²) in [6.07, 6.45) is 9.67. The van der Waals surface area contributed by atoms with Crippen molar-refractivity contribution in [2.75, 3.05) is 6.54 Å². The smallest absolute Gasteiger partial charge is 0.319 e. The Labute approximate surface area is 165 Å². The second-order valence-corrected chi connectivity index (χ2v) is 10.8. The number of carbonyl (C=O) groups excluding carboxylic acids is 1. The molecule has 0 spiro atoms. The van der Waals surface area contributed by atoms with Crippen LogP contribution in [0.5, 0.6) is 0 Å². The summed E-state index contributed by atoms with van der Waals surface area (Å²) in [6, 6.07) is 0. The maximum absolute atomic E-state index is 11.6. The summed E-state index contributed by atoms with van der Waals surface area (Å²) in [6.45, 7) is 5.00. The summed E-state index contributed by atoms with van der Waals surface area (Å²) >= 11 is 1.63. The van der Waals surface area contributed by atoms with Crippen molar-refractivity contribution < 1.29 is 9.53 Å². The van der Waals surface area contributed by atoms with Crippen molar-refractivity contribution in [2.45, 2.75) is 76.7 Å². The molecule has 4 aliphatic rings. The highest BCUT2D eigenvalue weighted by Gasteiger charge is 2.60. The van der Waals surface area contributed by atoms with Crippen molar-refractivity contribution in [3.63, 3.8) is 0 Å². The van der Waals surface area contributed by atoms with Gasteiger partial charge >= 0.3 is 5.97 Å². The number of hydrogen-bond acceptors (Lipinski definition) is 6. The van der Waals surface area contributed by atoms with E-state index in [0.717, 1.165) is 30.6 Å². The Morgan fingerprint density at radius 3 is 2.89 bits per heavy atom. The lowest BCUT2D eigenvalue weighted by Crippen LogP contribution is -2.54. The van der Waals surface area contributed by atoms with Crippen molar-refractivity contribution in [1.29, 1.82) is 0 Å². The average molecular weight is 390 g/mol. The molecule has 148 valence electrons. The van der Waals surface area contributed by atoms with Gasteiger partial charge in [-0.3, -0.25) is 4.79 Å². The van der Waals surface area contributed by atoms with Crippen LogP contribution in [-0.4, -0.2) is 28.2 Å². The van der Waals surface area contributed by atoms with Gasteiger partial charge in [0.15, 0.2) is 0 Å². The van der Waals surface area contributed by atoms with Gasteiger partial charge in [0.2, 0.25) is 0 Å². The molecule has 0 unspecified atom stereocenters. The Bertz CT molecular complexity index is 752. The van der Waals surface area contributed by atoms with Crippen LogP contribution >= 0.6 is 11.5 Å². The van der Waals surface area contributed by atoms with Crippen LogP contribution in [0.2, 0.25) is 0 Å². The van der Waals surface area contributed by atoms with Gasteiger partial charge in [-0.2, -0.15) is 0 Å². The highest BCUT2D eigenvalue weighted by atomic mass is 32.1. The van der Waals surface area contributed by atoms with Crippen LogP contribution in [-0.2, 0) is 21.4 Å². The van der Waals surface area contributed by atoms with Gasteiger partial charge in [-0.1, -0.05) is 18.3 Å². The third kappa shape index (κ3) is 2.55. The molecule has 0 saturated heterocycles. The Hall–Kier alpha value is -1.01. The fraction of sp³-hybridized carbons (Fsp3) is 0.857. The predicted octanol–water partition coefficient (Wildman–Crippen LogP) is 3.47. The predicted molar refractivity (Wildman–Crippen MR) is 104 cm³/mol. The van der Waals surface area contributed by atoms with Gasteiger partial charge in [0.1, 0.15) is 6.10 Å². The minimum Gasteiger partial charge on any atom is -0.461 e. The van der Waals surface area contributed by atoms with Crippen molar-refractivity contribution >= 4 is 17.5 Å². The number of nitrogens with two attached hydrogens (primary N) is 1. The van der Waals surface area contributed by atoms with Crippen LogP contribution in [0, 0.1) is 29.1 Å². The van der Waals surface area contributed by atoms with Crippen LogP contribution in [0.25, 0.3) is 0 Å². The summed E-state index contributed by atoms with van der Waals surface area (Å²) in [5.74, 6) is 2.81. The average Bonchev–Trinajstić information content (AvgIpc) is 3.23. The first kappa shape index (κ1) is 18.0. The number of ether oxygens (including phenoxy) is 1. The van der Waals surface area contributed by atoms with Gasteiger partial charge in [0, 0.05) is 10.3 Å². The maximum Gasteiger partial charge on any atom is 0.319 e. The Morgan fingerprint density at radius 2 is 2.07 bits per heavy atom. The van der Waals surface area contributed by atoms with E-state index in [-0.39, 0.29) is 24.0 Å². The van der Waals surface area contributed by atoms with Crippen molar-refractivity contribution in [3.05, 3.63) is 10.6 Å². The van der Waals surface area contributed by atoms with E-state index in [1.165, 1.54) is 49.1 Å². The molecule has 1 heterocycles. The normalized spacial score (nSPS) is 45.4. The highest BCUT2D eigenvalue weighted by Crippen LogP contribution is 2.65. The molecule has 4 aliphatic carbocycles. The molecule has 27 heavy (non-hydrogen) atoms. The van der Waals surface area contributed by atoms with Crippen LogP contribution in [0.4, 0.5) is 0 Å². The van der Waals surface area contributed by atoms with E-state index in [2.05, 4.69) is 23.4 Å². The molecule has 6 heteroatoms. The molecule has 0 bridgehead atoms. The van der Waals surface area contributed by atoms with E-state index in [1.54, 1.807) is 11.5 Å². The number of rotatable bonds is 2. The molecule has 2 N–H and O–H groups in total. The molecular weight excluding hydrogens is 358 g/mol. The summed E-state index contributed by atoms with van der Waals surface area (Å²) in [4.78, 5) is 13.1. The molecule has 5 nitrogen and oxygen atoms in total.